The molecule has 0 aliphatic rings. The quantitative estimate of drug-likeness (QED) is 0.880. The first-order valence-corrected chi connectivity index (χ1v) is 5.15. The minimum absolute atomic E-state index is 0.132. The zero-order valence-electron chi connectivity index (χ0n) is 9.34. The molecule has 0 bridgehead atoms. The Morgan fingerprint density at radius 2 is 2.06 bits per heavy atom. The van der Waals surface area contributed by atoms with Crippen LogP contribution in [-0.2, 0) is 6.61 Å². The average Bonchev–Trinajstić information content (AvgIpc) is 2.77. The van der Waals surface area contributed by atoms with Crippen molar-refractivity contribution in [2.45, 2.75) is 13.5 Å². The van der Waals surface area contributed by atoms with Crippen LogP contribution in [0.15, 0.2) is 41.0 Å². The van der Waals surface area contributed by atoms with E-state index in [0.717, 1.165) is 11.3 Å². The van der Waals surface area contributed by atoms with Crippen LogP contribution in [0.1, 0.15) is 21.7 Å². The van der Waals surface area contributed by atoms with Crippen LogP contribution in [0.2, 0.25) is 0 Å². The molecule has 4 heteroatoms. The molecule has 1 aromatic heterocycles. The lowest BCUT2D eigenvalue weighted by Gasteiger charge is -2.03. The van der Waals surface area contributed by atoms with E-state index in [0.29, 0.717) is 5.76 Å². The third-order valence-electron chi connectivity index (χ3n) is 2.30. The Hall–Kier alpha value is -2.23. The number of rotatable bonds is 4. The third-order valence-corrected chi connectivity index (χ3v) is 2.30. The Kier molecular flexibility index (Phi) is 3.14. The van der Waals surface area contributed by atoms with Gasteiger partial charge in [-0.15, -0.1) is 0 Å². The Morgan fingerprint density at radius 1 is 1.35 bits per heavy atom. The molecule has 4 nitrogen and oxygen atoms in total. The van der Waals surface area contributed by atoms with Crippen molar-refractivity contribution in [1.29, 1.82) is 0 Å². The highest BCUT2D eigenvalue weighted by molar-refractivity contribution is 5.87. The fraction of sp³-hybridized carbons (Fsp3) is 0.154. The van der Waals surface area contributed by atoms with E-state index in [-0.39, 0.29) is 12.2 Å². The monoisotopic (exact) mass is 232 g/mol. The van der Waals surface area contributed by atoms with Crippen molar-refractivity contribution in [2.75, 3.05) is 0 Å². The van der Waals surface area contributed by atoms with E-state index in [1.165, 1.54) is 12.3 Å². The van der Waals surface area contributed by atoms with Crippen LogP contribution in [0.3, 0.4) is 0 Å². The Balaban J connectivity index is 1.97. The number of hydrogen-bond donors (Lipinski definition) is 1. The largest absolute Gasteiger partial charge is 0.486 e. The molecule has 0 saturated heterocycles. The number of carbonyl (C=O) groups is 1. The average molecular weight is 232 g/mol. The highest BCUT2D eigenvalue weighted by Crippen LogP contribution is 2.15. The maximum Gasteiger partial charge on any atom is 0.338 e. The molecule has 0 spiro atoms. The van der Waals surface area contributed by atoms with Gasteiger partial charge < -0.3 is 14.3 Å². The molecule has 1 N–H and O–H groups in total. The number of ether oxygens (including phenoxy) is 1. The van der Waals surface area contributed by atoms with Gasteiger partial charge in [0, 0.05) is 0 Å². The third kappa shape index (κ3) is 2.87. The van der Waals surface area contributed by atoms with Crippen LogP contribution in [0, 0.1) is 6.92 Å². The lowest BCUT2D eigenvalue weighted by atomic mass is 10.2. The van der Waals surface area contributed by atoms with Crippen molar-refractivity contribution >= 4 is 5.97 Å². The second kappa shape index (κ2) is 4.74. The van der Waals surface area contributed by atoms with Gasteiger partial charge in [-0.3, -0.25) is 0 Å². The summed E-state index contributed by atoms with van der Waals surface area (Å²) >= 11 is 0. The van der Waals surface area contributed by atoms with Crippen LogP contribution in [0.5, 0.6) is 5.75 Å². The molecule has 0 aliphatic carbocycles. The van der Waals surface area contributed by atoms with Crippen molar-refractivity contribution in [3.8, 4) is 5.75 Å². The summed E-state index contributed by atoms with van der Waals surface area (Å²) < 4.78 is 10.5. The predicted octanol–water partition coefficient (Wildman–Crippen LogP) is 2.87. The van der Waals surface area contributed by atoms with Gasteiger partial charge in [0.15, 0.2) is 0 Å². The summed E-state index contributed by atoms with van der Waals surface area (Å²) in [6.07, 6.45) is 1.20. The van der Waals surface area contributed by atoms with Crippen molar-refractivity contribution in [3.05, 3.63) is 53.5 Å². The highest BCUT2D eigenvalue weighted by atomic mass is 16.5. The van der Waals surface area contributed by atoms with Crippen LogP contribution in [-0.4, -0.2) is 11.1 Å². The molecule has 0 saturated carbocycles. The van der Waals surface area contributed by atoms with E-state index in [2.05, 4.69) is 0 Å². The van der Waals surface area contributed by atoms with E-state index in [1.54, 1.807) is 0 Å². The van der Waals surface area contributed by atoms with Crippen LogP contribution >= 0.6 is 0 Å². The molecular weight excluding hydrogens is 220 g/mol. The fourth-order valence-corrected chi connectivity index (χ4v) is 1.36. The Labute approximate surface area is 98.4 Å². The molecule has 88 valence electrons. The number of furan rings is 1. The summed E-state index contributed by atoms with van der Waals surface area (Å²) in [4.78, 5) is 10.6. The Morgan fingerprint density at radius 3 is 2.65 bits per heavy atom. The van der Waals surface area contributed by atoms with E-state index >= 15 is 0 Å². The molecule has 17 heavy (non-hydrogen) atoms. The van der Waals surface area contributed by atoms with E-state index in [1.807, 2.05) is 31.2 Å². The minimum atomic E-state index is -1.00. The number of carboxylic acid groups (broad SMARTS) is 1. The van der Waals surface area contributed by atoms with Crippen LogP contribution in [0.25, 0.3) is 0 Å². The van der Waals surface area contributed by atoms with Gasteiger partial charge in [-0.1, -0.05) is 17.7 Å². The summed E-state index contributed by atoms with van der Waals surface area (Å²) in [5, 5.41) is 8.71. The molecule has 0 fully saturated rings. The smallest absolute Gasteiger partial charge is 0.338 e. The zero-order chi connectivity index (χ0) is 12.3. The predicted molar refractivity (Wildman–Crippen MR) is 61.2 cm³/mol. The minimum Gasteiger partial charge on any atom is -0.486 e. The van der Waals surface area contributed by atoms with Crippen molar-refractivity contribution in [3.63, 3.8) is 0 Å². The summed E-state index contributed by atoms with van der Waals surface area (Å²) in [5.74, 6) is 0.210. The van der Waals surface area contributed by atoms with Gasteiger partial charge in [0.2, 0.25) is 0 Å². The molecule has 0 unspecified atom stereocenters. The molecule has 1 heterocycles. The fourth-order valence-electron chi connectivity index (χ4n) is 1.36. The normalized spacial score (nSPS) is 10.2. The van der Waals surface area contributed by atoms with Crippen LogP contribution < -0.4 is 4.74 Å². The van der Waals surface area contributed by atoms with Gasteiger partial charge in [0.1, 0.15) is 24.4 Å². The molecule has 0 amide bonds. The molecule has 2 aromatic rings. The summed E-state index contributed by atoms with van der Waals surface area (Å²) in [7, 11) is 0. The lowest BCUT2D eigenvalue weighted by Crippen LogP contribution is -1.95. The maximum absolute atomic E-state index is 10.6. The summed E-state index contributed by atoms with van der Waals surface area (Å²) in [6, 6.07) is 9.06. The maximum atomic E-state index is 10.6. The first kappa shape index (κ1) is 11.3. The van der Waals surface area contributed by atoms with E-state index in [9.17, 15) is 4.79 Å². The number of aromatic carboxylic acids is 1. The number of benzene rings is 1. The first-order chi connectivity index (χ1) is 8.15. The highest BCUT2D eigenvalue weighted by Gasteiger charge is 2.08. The molecule has 0 aliphatic heterocycles. The molecule has 2 rings (SSSR count). The summed E-state index contributed by atoms with van der Waals surface area (Å²) in [5.41, 5.74) is 1.29. The topological polar surface area (TPSA) is 59.7 Å². The van der Waals surface area contributed by atoms with E-state index in [4.69, 9.17) is 14.3 Å². The number of hydrogen-bond acceptors (Lipinski definition) is 3. The van der Waals surface area contributed by atoms with Gasteiger partial charge in [-0.2, -0.15) is 0 Å². The zero-order valence-corrected chi connectivity index (χ0v) is 9.34. The molecule has 1 aromatic carbocycles. The standard InChI is InChI=1S/C13H12O4/c1-9-2-4-11(5-3-9)17-8-12-6-10(7-16-12)13(14)15/h2-7H,8H2,1H3,(H,14,15). The lowest BCUT2D eigenvalue weighted by molar-refractivity contribution is 0.0696. The van der Waals surface area contributed by atoms with Gasteiger partial charge in [-0.05, 0) is 25.1 Å². The molecule has 0 radical (unpaired) electrons. The van der Waals surface area contributed by atoms with Gasteiger partial charge in [-0.25, -0.2) is 4.79 Å². The van der Waals surface area contributed by atoms with Gasteiger partial charge in [0.05, 0.1) is 5.56 Å². The summed E-state index contributed by atoms with van der Waals surface area (Å²) in [6.45, 7) is 2.21. The van der Waals surface area contributed by atoms with Crippen molar-refractivity contribution in [1.82, 2.24) is 0 Å². The Bertz CT molecular complexity index is 510. The molecule has 0 atom stereocenters. The van der Waals surface area contributed by atoms with Crippen molar-refractivity contribution < 1.29 is 19.1 Å². The second-order valence-electron chi connectivity index (χ2n) is 3.71. The number of aryl methyl sites for hydroxylation is 1. The SMILES string of the molecule is Cc1ccc(OCc2cc(C(=O)O)co2)cc1. The van der Waals surface area contributed by atoms with E-state index < -0.39 is 5.97 Å². The second-order valence-corrected chi connectivity index (χ2v) is 3.71. The first-order valence-electron chi connectivity index (χ1n) is 5.15. The number of carboxylic acids is 1. The van der Waals surface area contributed by atoms with Crippen molar-refractivity contribution in [2.24, 2.45) is 0 Å². The van der Waals surface area contributed by atoms with Gasteiger partial charge in [0.25, 0.3) is 0 Å². The van der Waals surface area contributed by atoms with Crippen LogP contribution in [0.4, 0.5) is 0 Å². The molecular formula is C13H12O4. The van der Waals surface area contributed by atoms with Gasteiger partial charge >= 0.3 is 5.97 Å².